The van der Waals surface area contributed by atoms with Crippen LogP contribution >= 0.6 is 0 Å². The molecule has 0 fully saturated rings. The molecule has 0 radical (unpaired) electrons. The Morgan fingerprint density at radius 2 is 1.18 bits per heavy atom. The van der Waals surface area contributed by atoms with Crippen LogP contribution in [0.25, 0.3) is 10.8 Å². The molecule has 0 heterocycles. The molecule has 0 saturated heterocycles. The average molecular weight is 370 g/mol. The first kappa shape index (κ1) is 17.9. The molecule has 3 nitrogen and oxygen atoms in total. The topological polar surface area (TPSA) is 38.7 Å². The predicted molar refractivity (Wildman–Crippen MR) is 113 cm³/mol. The maximum atomic E-state index is 10.9. The highest BCUT2D eigenvalue weighted by atomic mass is 16.5. The Bertz CT molecular complexity index is 1070. The minimum absolute atomic E-state index is 0.250. The SMILES string of the molecule is COc1ccccc1C(c1ccccc1OC)c1c(O)ccc2ccccc12. The second-order valence-corrected chi connectivity index (χ2v) is 6.64. The zero-order valence-electron chi connectivity index (χ0n) is 15.9. The average Bonchev–Trinajstić information content (AvgIpc) is 2.76. The van der Waals surface area contributed by atoms with E-state index in [-0.39, 0.29) is 11.7 Å². The number of benzene rings is 4. The number of ether oxygens (including phenoxy) is 2. The fourth-order valence-corrected chi connectivity index (χ4v) is 3.88. The van der Waals surface area contributed by atoms with Gasteiger partial charge in [0.25, 0.3) is 0 Å². The molecule has 0 amide bonds. The van der Waals surface area contributed by atoms with E-state index >= 15 is 0 Å². The van der Waals surface area contributed by atoms with Gasteiger partial charge in [0.1, 0.15) is 17.2 Å². The summed E-state index contributed by atoms with van der Waals surface area (Å²) in [4.78, 5) is 0. The van der Waals surface area contributed by atoms with Crippen LogP contribution in [-0.4, -0.2) is 19.3 Å². The molecule has 0 aromatic heterocycles. The summed E-state index contributed by atoms with van der Waals surface area (Å²) in [5.74, 6) is 1.54. The monoisotopic (exact) mass is 370 g/mol. The molecule has 0 unspecified atom stereocenters. The number of para-hydroxylation sites is 2. The summed E-state index contributed by atoms with van der Waals surface area (Å²) in [5, 5.41) is 13.0. The Kier molecular flexibility index (Phi) is 4.90. The van der Waals surface area contributed by atoms with Gasteiger partial charge in [-0.05, 0) is 29.0 Å². The summed E-state index contributed by atoms with van der Waals surface area (Å²) in [6.45, 7) is 0. The summed E-state index contributed by atoms with van der Waals surface area (Å²) in [6, 6.07) is 27.6. The molecule has 28 heavy (non-hydrogen) atoms. The Morgan fingerprint density at radius 3 is 1.79 bits per heavy atom. The van der Waals surface area contributed by atoms with E-state index in [1.54, 1.807) is 20.3 Å². The van der Waals surface area contributed by atoms with E-state index in [1.165, 1.54) is 0 Å². The number of rotatable bonds is 5. The van der Waals surface area contributed by atoms with Crippen LogP contribution in [0.2, 0.25) is 0 Å². The van der Waals surface area contributed by atoms with Crippen LogP contribution in [0.1, 0.15) is 22.6 Å². The van der Waals surface area contributed by atoms with Crippen molar-refractivity contribution in [2.45, 2.75) is 5.92 Å². The molecule has 0 aliphatic rings. The summed E-state index contributed by atoms with van der Waals surface area (Å²) in [7, 11) is 3.34. The zero-order valence-corrected chi connectivity index (χ0v) is 15.9. The van der Waals surface area contributed by atoms with Crippen molar-refractivity contribution in [2.75, 3.05) is 14.2 Å². The largest absolute Gasteiger partial charge is 0.508 e. The van der Waals surface area contributed by atoms with Gasteiger partial charge in [0.05, 0.1) is 14.2 Å². The van der Waals surface area contributed by atoms with Gasteiger partial charge in [-0.1, -0.05) is 66.7 Å². The van der Waals surface area contributed by atoms with E-state index in [4.69, 9.17) is 9.47 Å². The fourth-order valence-electron chi connectivity index (χ4n) is 3.88. The lowest BCUT2D eigenvalue weighted by molar-refractivity contribution is 0.401. The lowest BCUT2D eigenvalue weighted by Gasteiger charge is -2.25. The number of phenols is 1. The Labute approximate surface area is 164 Å². The number of fused-ring (bicyclic) bond motifs is 1. The molecule has 1 N–H and O–H groups in total. The van der Waals surface area contributed by atoms with E-state index in [0.717, 1.165) is 39.0 Å². The van der Waals surface area contributed by atoms with Gasteiger partial charge in [-0.3, -0.25) is 0 Å². The van der Waals surface area contributed by atoms with Crippen LogP contribution in [0.15, 0.2) is 84.9 Å². The molecule has 4 aromatic carbocycles. The lowest BCUT2D eigenvalue weighted by atomic mass is 9.81. The first-order chi connectivity index (χ1) is 13.7. The molecule has 0 aliphatic heterocycles. The normalized spacial score (nSPS) is 11.0. The number of hydrogen-bond acceptors (Lipinski definition) is 3. The van der Waals surface area contributed by atoms with Crippen LogP contribution in [-0.2, 0) is 0 Å². The number of phenolic OH excluding ortho intramolecular Hbond substituents is 1. The second kappa shape index (κ2) is 7.65. The van der Waals surface area contributed by atoms with Crippen molar-refractivity contribution in [1.29, 1.82) is 0 Å². The Morgan fingerprint density at radius 1 is 0.643 bits per heavy atom. The Hall–Kier alpha value is -3.46. The molecular weight excluding hydrogens is 348 g/mol. The molecule has 3 heteroatoms. The van der Waals surface area contributed by atoms with Crippen molar-refractivity contribution in [3.05, 3.63) is 102 Å². The second-order valence-electron chi connectivity index (χ2n) is 6.64. The van der Waals surface area contributed by atoms with E-state index in [9.17, 15) is 5.11 Å². The van der Waals surface area contributed by atoms with Crippen LogP contribution in [0, 0.1) is 0 Å². The van der Waals surface area contributed by atoms with Crippen molar-refractivity contribution in [3.8, 4) is 17.2 Å². The van der Waals surface area contributed by atoms with Gasteiger partial charge in [0, 0.05) is 22.6 Å². The predicted octanol–water partition coefficient (Wildman–Crippen LogP) is 5.74. The highest BCUT2D eigenvalue weighted by Crippen LogP contribution is 2.46. The van der Waals surface area contributed by atoms with Gasteiger partial charge in [-0.15, -0.1) is 0 Å². The Balaban J connectivity index is 2.10. The first-order valence-corrected chi connectivity index (χ1v) is 9.21. The van der Waals surface area contributed by atoms with Gasteiger partial charge in [-0.25, -0.2) is 0 Å². The molecule has 4 rings (SSSR count). The molecule has 0 atom stereocenters. The molecule has 4 aromatic rings. The van der Waals surface area contributed by atoms with Crippen molar-refractivity contribution in [2.24, 2.45) is 0 Å². The van der Waals surface area contributed by atoms with Crippen LogP contribution in [0.4, 0.5) is 0 Å². The zero-order chi connectivity index (χ0) is 19.5. The minimum atomic E-state index is -0.251. The third-order valence-corrected chi connectivity index (χ3v) is 5.14. The highest BCUT2D eigenvalue weighted by Gasteiger charge is 2.27. The van der Waals surface area contributed by atoms with Gasteiger partial charge in [0.2, 0.25) is 0 Å². The maximum absolute atomic E-state index is 10.9. The van der Waals surface area contributed by atoms with E-state index < -0.39 is 0 Å². The van der Waals surface area contributed by atoms with Crippen LogP contribution in [0.3, 0.4) is 0 Å². The molecular formula is C25H22O3. The number of methoxy groups -OCH3 is 2. The highest BCUT2D eigenvalue weighted by molar-refractivity contribution is 5.89. The van der Waals surface area contributed by atoms with Crippen molar-refractivity contribution in [3.63, 3.8) is 0 Å². The fraction of sp³-hybridized carbons (Fsp3) is 0.120. The van der Waals surface area contributed by atoms with Crippen LogP contribution < -0.4 is 9.47 Å². The smallest absolute Gasteiger partial charge is 0.123 e. The number of aromatic hydroxyl groups is 1. The molecule has 0 aliphatic carbocycles. The standard InChI is InChI=1S/C25H22O3/c1-27-22-13-7-5-11-19(22)24(20-12-6-8-14-23(20)28-2)25-18-10-4-3-9-17(18)15-16-21(25)26/h3-16,24,26H,1-2H3. The minimum Gasteiger partial charge on any atom is -0.508 e. The molecule has 0 bridgehead atoms. The molecule has 140 valence electrons. The van der Waals surface area contributed by atoms with Crippen LogP contribution in [0.5, 0.6) is 17.2 Å². The summed E-state index contributed by atoms with van der Waals surface area (Å²) < 4.78 is 11.3. The van der Waals surface area contributed by atoms with Crippen molar-refractivity contribution >= 4 is 10.8 Å². The lowest BCUT2D eigenvalue weighted by Crippen LogP contribution is -2.08. The quantitative estimate of drug-likeness (QED) is 0.455. The van der Waals surface area contributed by atoms with E-state index in [0.29, 0.717) is 0 Å². The van der Waals surface area contributed by atoms with E-state index in [2.05, 4.69) is 6.07 Å². The summed E-state index contributed by atoms with van der Waals surface area (Å²) in [5.41, 5.74) is 2.79. The van der Waals surface area contributed by atoms with Gasteiger partial charge in [0.15, 0.2) is 0 Å². The van der Waals surface area contributed by atoms with Gasteiger partial charge in [-0.2, -0.15) is 0 Å². The third-order valence-electron chi connectivity index (χ3n) is 5.14. The third kappa shape index (κ3) is 3.05. The van der Waals surface area contributed by atoms with Gasteiger partial charge >= 0.3 is 0 Å². The molecule has 0 spiro atoms. The number of hydrogen-bond donors (Lipinski definition) is 1. The van der Waals surface area contributed by atoms with Crippen molar-refractivity contribution < 1.29 is 14.6 Å². The molecule has 0 saturated carbocycles. The van der Waals surface area contributed by atoms with Crippen molar-refractivity contribution in [1.82, 2.24) is 0 Å². The maximum Gasteiger partial charge on any atom is 0.123 e. The first-order valence-electron chi connectivity index (χ1n) is 9.21. The summed E-state index contributed by atoms with van der Waals surface area (Å²) in [6.07, 6.45) is 0. The van der Waals surface area contributed by atoms with Gasteiger partial charge < -0.3 is 14.6 Å². The van der Waals surface area contributed by atoms with E-state index in [1.807, 2.05) is 72.8 Å². The summed E-state index contributed by atoms with van der Waals surface area (Å²) >= 11 is 0.